The van der Waals surface area contributed by atoms with Crippen LogP contribution in [0.25, 0.3) is 16.7 Å². The van der Waals surface area contributed by atoms with Gasteiger partial charge in [0, 0.05) is 30.6 Å². The second-order valence-corrected chi connectivity index (χ2v) is 7.11. The number of hydrogen-bond acceptors (Lipinski definition) is 5. The molecule has 1 aliphatic rings. The fraction of sp³-hybridized carbons (Fsp3) is 0.429. The normalized spacial score (nSPS) is 17.6. The molecule has 1 aliphatic heterocycles. The number of furan rings is 1. The van der Waals surface area contributed by atoms with E-state index in [1.54, 1.807) is 17.8 Å². The van der Waals surface area contributed by atoms with Crippen molar-refractivity contribution >= 4 is 16.9 Å². The average molecular weight is 367 g/mol. The summed E-state index contributed by atoms with van der Waals surface area (Å²) in [4.78, 5) is 14.3. The van der Waals surface area contributed by atoms with Crippen LogP contribution in [0.3, 0.4) is 0 Å². The highest BCUT2D eigenvalue weighted by Gasteiger charge is 2.20. The van der Waals surface area contributed by atoms with Gasteiger partial charge < -0.3 is 14.1 Å². The lowest BCUT2D eigenvalue weighted by molar-refractivity contribution is 0.0526. The maximum Gasteiger partial charge on any atom is 0.341 e. The third kappa shape index (κ3) is 3.76. The molecule has 6 heteroatoms. The van der Waals surface area contributed by atoms with E-state index in [4.69, 9.17) is 9.15 Å². The first-order chi connectivity index (χ1) is 13.1. The van der Waals surface area contributed by atoms with Gasteiger partial charge in [0.05, 0.1) is 24.1 Å². The molecule has 4 rings (SSSR count). The van der Waals surface area contributed by atoms with Crippen molar-refractivity contribution in [3.63, 3.8) is 0 Å². The summed E-state index contributed by atoms with van der Waals surface area (Å²) in [6.07, 6.45) is 6.72. The van der Waals surface area contributed by atoms with E-state index in [1.807, 2.05) is 18.2 Å². The summed E-state index contributed by atoms with van der Waals surface area (Å²) >= 11 is 0. The summed E-state index contributed by atoms with van der Waals surface area (Å²) in [6, 6.07) is 8.71. The van der Waals surface area contributed by atoms with Crippen LogP contribution in [0.15, 0.2) is 41.1 Å². The van der Waals surface area contributed by atoms with Crippen molar-refractivity contribution in [2.75, 3.05) is 19.7 Å². The van der Waals surface area contributed by atoms with Crippen molar-refractivity contribution in [2.24, 2.45) is 0 Å². The van der Waals surface area contributed by atoms with Crippen molar-refractivity contribution in [2.45, 2.75) is 39.2 Å². The molecule has 0 bridgehead atoms. The largest absolute Gasteiger partial charge is 0.462 e. The lowest BCUT2D eigenvalue weighted by Crippen LogP contribution is -2.28. The van der Waals surface area contributed by atoms with Crippen LogP contribution in [0.2, 0.25) is 0 Å². The predicted octanol–water partition coefficient (Wildman–Crippen LogP) is 3.82. The Bertz CT molecular complexity index is 943. The van der Waals surface area contributed by atoms with Crippen LogP contribution < -0.4 is 0 Å². The number of rotatable bonds is 6. The fourth-order valence-electron chi connectivity index (χ4n) is 3.71. The monoisotopic (exact) mass is 367 g/mol. The Hall–Kier alpha value is -2.60. The zero-order chi connectivity index (χ0) is 18.8. The summed E-state index contributed by atoms with van der Waals surface area (Å²) in [7, 11) is 0. The maximum absolute atomic E-state index is 11.8. The average Bonchev–Trinajstić information content (AvgIpc) is 3.38. The molecule has 0 aliphatic carbocycles. The SMILES string of the molecule is CCOC(=O)c1cnn(-c2ccc3oc(CCN4CCCC4C)cc3c2)c1. The minimum absolute atomic E-state index is 0.351. The molecular formula is C21H25N3O3. The third-order valence-electron chi connectivity index (χ3n) is 5.25. The van der Waals surface area contributed by atoms with Crippen molar-refractivity contribution in [1.82, 2.24) is 14.7 Å². The molecule has 0 N–H and O–H groups in total. The van der Waals surface area contributed by atoms with Crippen molar-refractivity contribution in [3.8, 4) is 5.69 Å². The summed E-state index contributed by atoms with van der Waals surface area (Å²) < 4.78 is 12.7. The zero-order valence-electron chi connectivity index (χ0n) is 15.9. The Morgan fingerprint density at radius 2 is 2.26 bits per heavy atom. The second kappa shape index (κ2) is 7.56. The summed E-state index contributed by atoms with van der Waals surface area (Å²) in [5.41, 5.74) is 2.21. The fourth-order valence-corrected chi connectivity index (χ4v) is 3.71. The van der Waals surface area contributed by atoms with Crippen molar-refractivity contribution in [1.29, 1.82) is 0 Å². The molecule has 142 valence electrons. The molecule has 27 heavy (non-hydrogen) atoms. The molecule has 3 heterocycles. The first-order valence-corrected chi connectivity index (χ1v) is 9.62. The zero-order valence-corrected chi connectivity index (χ0v) is 15.9. The Balaban J connectivity index is 1.50. The maximum atomic E-state index is 11.8. The van der Waals surface area contributed by atoms with Crippen LogP contribution >= 0.6 is 0 Å². The van der Waals surface area contributed by atoms with E-state index in [2.05, 4.69) is 23.0 Å². The Labute approximate surface area is 158 Å². The van der Waals surface area contributed by atoms with Crippen LogP contribution in [-0.4, -0.2) is 46.4 Å². The number of carbonyl (C=O) groups excluding carboxylic acids is 1. The number of carbonyl (C=O) groups is 1. The van der Waals surface area contributed by atoms with E-state index in [-0.39, 0.29) is 5.97 Å². The van der Waals surface area contributed by atoms with Gasteiger partial charge in [0.1, 0.15) is 11.3 Å². The molecule has 6 nitrogen and oxygen atoms in total. The number of hydrogen-bond donors (Lipinski definition) is 0. The second-order valence-electron chi connectivity index (χ2n) is 7.11. The van der Waals surface area contributed by atoms with Gasteiger partial charge in [-0.25, -0.2) is 9.48 Å². The molecule has 0 spiro atoms. The van der Waals surface area contributed by atoms with Gasteiger partial charge in [0.2, 0.25) is 0 Å². The van der Waals surface area contributed by atoms with Crippen LogP contribution in [0, 0.1) is 0 Å². The first-order valence-electron chi connectivity index (χ1n) is 9.62. The quantitative estimate of drug-likeness (QED) is 0.620. The number of fused-ring (bicyclic) bond motifs is 1. The van der Waals surface area contributed by atoms with Crippen molar-refractivity contribution in [3.05, 3.63) is 48.0 Å². The van der Waals surface area contributed by atoms with Gasteiger partial charge >= 0.3 is 5.97 Å². The Morgan fingerprint density at radius 1 is 1.37 bits per heavy atom. The number of ether oxygens (including phenoxy) is 1. The van der Waals surface area contributed by atoms with Crippen LogP contribution in [0.4, 0.5) is 0 Å². The van der Waals surface area contributed by atoms with Gasteiger partial charge in [-0.1, -0.05) is 0 Å². The first kappa shape index (κ1) is 17.8. The lowest BCUT2D eigenvalue weighted by atomic mass is 10.2. The minimum Gasteiger partial charge on any atom is -0.462 e. The van der Waals surface area contributed by atoms with Gasteiger partial charge in [-0.05, 0) is 57.5 Å². The Kier molecular flexibility index (Phi) is 4.99. The number of likely N-dealkylation sites (tertiary alicyclic amines) is 1. The van der Waals surface area contributed by atoms with Gasteiger partial charge in [0.15, 0.2) is 0 Å². The summed E-state index contributed by atoms with van der Waals surface area (Å²) in [5.74, 6) is 0.653. The molecule has 1 aromatic carbocycles. The molecule has 0 amide bonds. The highest BCUT2D eigenvalue weighted by atomic mass is 16.5. The smallest absolute Gasteiger partial charge is 0.341 e. The van der Waals surface area contributed by atoms with Gasteiger partial charge in [-0.2, -0.15) is 5.10 Å². The summed E-state index contributed by atoms with van der Waals surface area (Å²) in [6.45, 7) is 6.66. The van der Waals surface area contributed by atoms with Crippen LogP contribution in [0.1, 0.15) is 42.8 Å². The topological polar surface area (TPSA) is 60.5 Å². The predicted molar refractivity (Wildman–Crippen MR) is 103 cm³/mol. The minimum atomic E-state index is -0.355. The highest BCUT2D eigenvalue weighted by Crippen LogP contribution is 2.24. The standard InChI is InChI=1S/C21H25N3O3/c1-3-26-21(25)17-13-22-24(14-17)18-6-7-20-16(11-18)12-19(27-20)8-10-23-9-4-5-15(23)2/h6-7,11-15H,3-5,8-10H2,1-2H3. The molecule has 0 saturated carbocycles. The van der Waals surface area contributed by atoms with Gasteiger partial charge in [-0.15, -0.1) is 0 Å². The van der Waals surface area contributed by atoms with E-state index in [9.17, 15) is 4.79 Å². The summed E-state index contributed by atoms with van der Waals surface area (Å²) in [5, 5.41) is 5.33. The van der Waals surface area contributed by atoms with E-state index >= 15 is 0 Å². The van der Waals surface area contributed by atoms with Gasteiger partial charge in [-0.3, -0.25) is 0 Å². The molecular weight excluding hydrogens is 342 g/mol. The van der Waals surface area contributed by atoms with Crippen LogP contribution in [-0.2, 0) is 11.2 Å². The van der Waals surface area contributed by atoms with Crippen LogP contribution in [0.5, 0.6) is 0 Å². The number of aromatic nitrogens is 2. The van der Waals surface area contributed by atoms with E-state index in [0.29, 0.717) is 18.2 Å². The van der Waals surface area contributed by atoms with E-state index in [0.717, 1.165) is 35.4 Å². The van der Waals surface area contributed by atoms with E-state index < -0.39 is 0 Å². The number of nitrogens with zero attached hydrogens (tertiary/aromatic N) is 3. The molecule has 1 atom stereocenters. The number of esters is 1. The Morgan fingerprint density at radius 3 is 3.04 bits per heavy atom. The lowest BCUT2D eigenvalue weighted by Gasteiger charge is -2.19. The number of benzene rings is 1. The molecule has 0 radical (unpaired) electrons. The van der Waals surface area contributed by atoms with Crippen molar-refractivity contribution < 1.29 is 13.9 Å². The molecule has 3 aromatic rings. The molecule has 2 aromatic heterocycles. The van der Waals surface area contributed by atoms with E-state index in [1.165, 1.54) is 25.6 Å². The molecule has 1 unspecified atom stereocenters. The molecule has 1 fully saturated rings. The highest BCUT2D eigenvalue weighted by molar-refractivity contribution is 5.89. The molecule has 1 saturated heterocycles. The third-order valence-corrected chi connectivity index (χ3v) is 5.25. The van der Waals surface area contributed by atoms with Gasteiger partial charge in [0.25, 0.3) is 0 Å².